The lowest BCUT2D eigenvalue weighted by Gasteiger charge is -2.13. The number of nitrogens with zero attached hydrogens (tertiary/aromatic N) is 1. The first kappa shape index (κ1) is 8.75. The average Bonchev–Trinajstić information content (AvgIpc) is 2.75. The van der Waals surface area contributed by atoms with Crippen molar-refractivity contribution in [2.75, 3.05) is 18.0 Å². The predicted octanol–water partition coefficient (Wildman–Crippen LogP) is 2.55. The van der Waals surface area contributed by atoms with Gasteiger partial charge in [-0.05, 0) is 31.9 Å². The van der Waals surface area contributed by atoms with Gasteiger partial charge < -0.3 is 4.90 Å². The van der Waals surface area contributed by atoms with Crippen LogP contribution in [-0.4, -0.2) is 18.9 Å². The summed E-state index contributed by atoms with van der Waals surface area (Å²) >= 11 is 1.61. The Bertz CT molecular complexity index is 312. The Morgan fingerprint density at radius 1 is 1.38 bits per heavy atom. The van der Waals surface area contributed by atoms with E-state index in [2.05, 4.69) is 11.0 Å². The van der Waals surface area contributed by atoms with E-state index in [4.69, 9.17) is 0 Å². The van der Waals surface area contributed by atoms with Crippen molar-refractivity contribution in [3.8, 4) is 0 Å². The van der Waals surface area contributed by atoms with E-state index in [0.29, 0.717) is 0 Å². The molecule has 0 spiro atoms. The summed E-state index contributed by atoms with van der Waals surface area (Å²) in [6.07, 6.45) is 2.57. The summed E-state index contributed by atoms with van der Waals surface area (Å²) < 4.78 is 0. The topological polar surface area (TPSA) is 20.3 Å². The minimum atomic E-state index is 0.176. The van der Waals surface area contributed by atoms with Gasteiger partial charge in [0.2, 0.25) is 0 Å². The van der Waals surface area contributed by atoms with Crippen molar-refractivity contribution in [3.63, 3.8) is 0 Å². The molecule has 0 bridgehead atoms. The largest absolute Gasteiger partial charge is 0.363 e. The molecule has 0 aromatic carbocycles. The third-order valence-corrected chi connectivity index (χ3v) is 3.60. The van der Waals surface area contributed by atoms with Crippen molar-refractivity contribution < 1.29 is 4.79 Å². The molecule has 70 valence electrons. The van der Waals surface area contributed by atoms with E-state index in [1.807, 2.05) is 6.07 Å². The molecule has 0 amide bonds. The van der Waals surface area contributed by atoms with Crippen LogP contribution in [0.4, 0.5) is 5.00 Å². The smallest absolute Gasteiger partial charge is 0.169 e. The Morgan fingerprint density at radius 3 is 2.62 bits per heavy atom. The molecular weight excluding hydrogens is 182 g/mol. The fourth-order valence-electron chi connectivity index (χ4n) is 1.62. The number of carbonyl (C=O) groups excluding carboxylic acids is 1. The molecule has 3 heteroatoms. The van der Waals surface area contributed by atoms with E-state index >= 15 is 0 Å². The van der Waals surface area contributed by atoms with Crippen molar-refractivity contribution in [1.82, 2.24) is 0 Å². The fourth-order valence-corrected chi connectivity index (χ4v) is 2.58. The number of rotatable bonds is 2. The molecular formula is C10H13NOS. The molecule has 1 fully saturated rings. The minimum Gasteiger partial charge on any atom is -0.363 e. The highest BCUT2D eigenvalue weighted by Crippen LogP contribution is 2.28. The zero-order valence-corrected chi connectivity index (χ0v) is 8.56. The first-order valence-electron chi connectivity index (χ1n) is 4.63. The second kappa shape index (κ2) is 3.50. The Kier molecular flexibility index (Phi) is 2.36. The quantitative estimate of drug-likeness (QED) is 0.676. The Balaban J connectivity index is 2.16. The molecule has 0 aliphatic carbocycles. The second-order valence-electron chi connectivity index (χ2n) is 3.39. The van der Waals surface area contributed by atoms with Crippen LogP contribution in [0.5, 0.6) is 0 Å². The monoisotopic (exact) mass is 195 g/mol. The van der Waals surface area contributed by atoms with Crippen LogP contribution in [0.15, 0.2) is 12.1 Å². The lowest BCUT2D eigenvalue weighted by Crippen LogP contribution is -2.15. The van der Waals surface area contributed by atoms with Gasteiger partial charge in [-0.25, -0.2) is 0 Å². The van der Waals surface area contributed by atoms with Gasteiger partial charge in [0.25, 0.3) is 0 Å². The van der Waals surface area contributed by atoms with Gasteiger partial charge in [0, 0.05) is 13.1 Å². The molecule has 1 aliphatic rings. The third-order valence-electron chi connectivity index (χ3n) is 2.36. The van der Waals surface area contributed by atoms with Gasteiger partial charge in [-0.2, -0.15) is 0 Å². The summed E-state index contributed by atoms with van der Waals surface area (Å²) in [5.41, 5.74) is 0. The van der Waals surface area contributed by atoms with E-state index in [-0.39, 0.29) is 5.78 Å². The summed E-state index contributed by atoms with van der Waals surface area (Å²) in [5.74, 6) is 0.176. The van der Waals surface area contributed by atoms with Crippen LogP contribution in [0, 0.1) is 0 Å². The van der Waals surface area contributed by atoms with Crippen molar-refractivity contribution in [1.29, 1.82) is 0 Å². The summed E-state index contributed by atoms with van der Waals surface area (Å²) in [6, 6.07) is 3.99. The number of hydrogen-bond donors (Lipinski definition) is 0. The Morgan fingerprint density at radius 2 is 2.08 bits per heavy atom. The minimum absolute atomic E-state index is 0.176. The molecule has 2 nitrogen and oxygen atoms in total. The molecule has 0 N–H and O–H groups in total. The number of hydrogen-bond acceptors (Lipinski definition) is 3. The molecule has 0 atom stereocenters. The van der Waals surface area contributed by atoms with Gasteiger partial charge in [-0.15, -0.1) is 11.3 Å². The molecule has 0 radical (unpaired) electrons. The standard InChI is InChI=1S/C10H13NOS/c1-8(12)9-4-5-10(13-9)11-6-2-3-7-11/h4-5H,2-3,6-7H2,1H3. The van der Waals surface area contributed by atoms with Crippen LogP contribution in [-0.2, 0) is 0 Å². The van der Waals surface area contributed by atoms with Gasteiger partial charge in [0.05, 0.1) is 9.88 Å². The fraction of sp³-hybridized carbons (Fsp3) is 0.500. The van der Waals surface area contributed by atoms with E-state index < -0.39 is 0 Å². The third kappa shape index (κ3) is 1.75. The van der Waals surface area contributed by atoms with Crippen molar-refractivity contribution in [3.05, 3.63) is 17.0 Å². The first-order chi connectivity index (χ1) is 6.27. The van der Waals surface area contributed by atoms with Crippen molar-refractivity contribution in [2.24, 2.45) is 0 Å². The molecule has 0 saturated carbocycles. The number of carbonyl (C=O) groups is 1. The molecule has 1 aromatic rings. The lowest BCUT2D eigenvalue weighted by molar-refractivity contribution is 0.102. The van der Waals surface area contributed by atoms with E-state index in [9.17, 15) is 4.79 Å². The zero-order chi connectivity index (χ0) is 9.26. The zero-order valence-electron chi connectivity index (χ0n) is 7.75. The number of Topliss-reactive ketones (excluding diaryl/α,β-unsaturated/α-hetero) is 1. The SMILES string of the molecule is CC(=O)c1ccc(N2CCCC2)s1. The summed E-state index contributed by atoms with van der Waals surface area (Å²) in [4.78, 5) is 14.3. The molecule has 1 aliphatic heterocycles. The number of thiophene rings is 1. The van der Waals surface area contributed by atoms with Crippen molar-refractivity contribution in [2.45, 2.75) is 19.8 Å². The van der Waals surface area contributed by atoms with E-state index in [0.717, 1.165) is 18.0 Å². The first-order valence-corrected chi connectivity index (χ1v) is 5.45. The van der Waals surface area contributed by atoms with Crippen LogP contribution in [0.1, 0.15) is 29.4 Å². The highest BCUT2D eigenvalue weighted by atomic mass is 32.1. The summed E-state index contributed by atoms with van der Waals surface area (Å²) in [7, 11) is 0. The van der Waals surface area contributed by atoms with Crippen molar-refractivity contribution >= 4 is 22.1 Å². The van der Waals surface area contributed by atoms with E-state index in [1.54, 1.807) is 18.3 Å². The van der Waals surface area contributed by atoms with Gasteiger partial charge in [-0.1, -0.05) is 0 Å². The van der Waals surface area contributed by atoms with Crippen LogP contribution in [0.3, 0.4) is 0 Å². The van der Waals surface area contributed by atoms with Gasteiger partial charge in [-0.3, -0.25) is 4.79 Å². The molecule has 2 rings (SSSR count). The predicted molar refractivity (Wildman–Crippen MR) is 55.8 cm³/mol. The number of anilines is 1. The average molecular weight is 195 g/mol. The maximum absolute atomic E-state index is 11.1. The van der Waals surface area contributed by atoms with Crippen LogP contribution >= 0.6 is 11.3 Å². The van der Waals surface area contributed by atoms with Crippen LogP contribution < -0.4 is 4.90 Å². The highest BCUT2D eigenvalue weighted by molar-refractivity contribution is 7.18. The molecule has 1 aromatic heterocycles. The Labute approximate surface area is 82.2 Å². The lowest BCUT2D eigenvalue weighted by atomic mass is 10.3. The van der Waals surface area contributed by atoms with Crippen LogP contribution in [0.2, 0.25) is 0 Å². The molecule has 1 saturated heterocycles. The summed E-state index contributed by atoms with van der Waals surface area (Å²) in [6.45, 7) is 3.93. The molecule has 0 unspecified atom stereocenters. The highest BCUT2D eigenvalue weighted by Gasteiger charge is 2.14. The molecule has 13 heavy (non-hydrogen) atoms. The number of ketones is 1. The van der Waals surface area contributed by atoms with E-state index in [1.165, 1.54) is 17.8 Å². The maximum Gasteiger partial charge on any atom is 0.169 e. The second-order valence-corrected chi connectivity index (χ2v) is 4.45. The van der Waals surface area contributed by atoms with Gasteiger partial charge in [0.15, 0.2) is 5.78 Å². The Hall–Kier alpha value is -0.830. The van der Waals surface area contributed by atoms with Crippen LogP contribution in [0.25, 0.3) is 0 Å². The maximum atomic E-state index is 11.1. The summed E-state index contributed by atoms with van der Waals surface area (Å²) in [5, 5.41) is 1.25. The normalized spacial score (nSPS) is 16.5. The van der Waals surface area contributed by atoms with Gasteiger partial charge >= 0.3 is 0 Å². The van der Waals surface area contributed by atoms with Gasteiger partial charge in [0.1, 0.15) is 0 Å². The molecule has 2 heterocycles.